The van der Waals surface area contributed by atoms with Gasteiger partial charge in [-0.3, -0.25) is 4.79 Å². The van der Waals surface area contributed by atoms with Crippen molar-refractivity contribution in [3.63, 3.8) is 0 Å². The average Bonchev–Trinajstić information content (AvgIpc) is 3.21. The Balaban J connectivity index is 1.73. The number of nitrogens with zero attached hydrogens (tertiary/aromatic N) is 1. The molecule has 1 saturated heterocycles. The first-order valence-corrected chi connectivity index (χ1v) is 9.94. The van der Waals surface area contributed by atoms with E-state index < -0.39 is 5.97 Å². The van der Waals surface area contributed by atoms with Crippen LogP contribution in [0.5, 0.6) is 0 Å². The van der Waals surface area contributed by atoms with Crippen LogP contribution in [-0.2, 0) is 4.79 Å². The number of rotatable bonds is 6. The van der Waals surface area contributed by atoms with E-state index in [-0.39, 0.29) is 17.6 Å². The number of carboxylic acids is 1. The highest BCUT2D eigenvalue weighted by molar-refractivity contribution is 7.13. The van der Waals surface area contributed by atoms with Gasteiger partial charge in [-0.05, 0) is 48.7 Å². The summed E-state index contributed by atoms with van der Waals surface area (Å²) >= 11 is 2.52. The predicted octanol–water partition coefficient (Wildman–Crippen LogP) is 4.71. The summed E-state index contributed by atoms with van der Waals surface area (Å²) in [4.78, 5) is 14.2. The molecule has 1 aliphatic heterocycles. The van der Waals surface area contributed by atoms with Gasteiger partial charge in [-0.25, -0.2) is 8.78 Å². The molecular formula is C18H19F2NO2S2. The second-order valence-corrected chi connectivity index (χ2v) is 7.91. The SMILES string of the molecule is O=C(O)C1CCCN(CCC=C(c2sccc2F)c2sccc2F)C1. The van der Waals surface area contributed by atoms with E-state index in [1.54, 1.807) is 10.8 Å². The van der Waals surface area contributed by atoms with Crippen LogP contribution in [0.25, 0.3) is 5.57 Å². The van der Waals surface area contributed by atoms with Gasteiger partial charge in [0.05, 0.1) is 15.7 Å². The van der Waals surface area contributed by atoms with Crippen molar-refractivity contribution in [3.8, 4) is 0 Å². The lowest BCUT2D eigenvalue weighted by atomic mass is 9.98. The molecule has 1 fully saturated rings. The number of hydrogen-bond donors (Lipinski definition) is 1. The van der Waals surface area contributed by atoms with Crippen molar-refractivity contribution in [2.45, 2.75) is 19.3 Å². The maximum absolute atomic E-state index is 14.0. The maximum Gasteiger partial charge on any atom is 0.307 e. The molecule has 3 heterocycles. The van der Waals surface area contributed by atoms with E-state index in [0.29, 0.717) is 41.3 Å². The third-order valence-electron chi connectivity index (χ3n) is 4.37. The lowest BCUT2D eigenvalue weighted by molar-refractivity contribution is -0.143. The monoisotopic (exact) mass is 383 g/mol. The Morgan fingerprint density at radius 2 is 1.88 bits per heavy atom. The molecule has 0 aliphatic carbocycles. The van der Waals surface area contributed by atoms with E-state index in [0.717, 1.165) is 13.0 Å². The molecule has 0 saturated carbocycles. The molecule has 7 heteroatoms. The molecule has 0 amide bonds. The molecule has 1 atom stereocenters. The molecular weight excluding hydrogens is 364 g/mol. The Morgan fingerprint density at radius 1 is 1.24 bits per heavy atom. The van der Waals surface area contributed by atoms with Crippen molar-refractivity contribution in [1.82, 2.24) is 4.90 Å². The summed E-state index contributed by atoms with van der Waals surface area (Å²) in [6.45, 7) is 2.10. The van der Waals surface area contributed by atoms with Crippen molar-refractivity contribution in [1.29, 1.82) is 0 Å². The van der Waals surface area contributed by atoms with Crippen LogP contribution in [-0.4, -0.2) is 35.6 Å². The van der Waals surface area contributed by atoms with Crippen LogP contribution >= 0.6 is 22.7 Å². The summed E-state index contributed by atoms with van der Waals surface area (Å²) in [5.41, 5.74) is 0.590. The molecule has 1 unspecified atom stereocenters. The largest absolute Gasteiger partial charge is 0.481 e. The van der Waals surface area contributed by atoms with Gasteiger partial charge in [0, 0.05) is 18.7 Å². The number of likely N-dealkylation sites (tertiary alicyclic amines) is 1. The van der Waals surface area contributed by atoms with Gasteiger partial charge >= 0.3 is 5.97 Å². The third kappa shape index (κ3) is 4.34. The van der Waals surface area contributed by atoms with E-state index in [4.69, 9.17) is 5.11 Å². The van der Waals surface area contributed by atoms with E-state index >= 15 is 0 Å². The van der Waals surface area contributed by atoms with Crippen molar-refractivity contribution in [2.75, 3.05) is 19.6 Å². The lowest BCUT2D eigenvalue weighted by Gasteiger charge is -2.30. The summed E-state index contributed by atoms with van der Waals surface area (Å²) < 4.78 is 28.0. The molecule has 2 aromatic rings. The van der Waals surface area contributed by atoms with Gasteiger partial charge in [0.15, 0.2) is 0 Å². The van der Waals surface area contributed by atoms with E-state index in [9.17, 15) is 13.6 Å². The number of aliphatic carboxylic acids is 1. The number of halogens is 2. The Kier molecular flexibility index (Phi) is 5.98. The zero-order valence-electron chi connectivity index (χ0n) is 13.6. The Hall–Kier alpha value is -1.57. The molecule has 3 rings (SSSR count). The van der Waals surface area contributed by atoms with Gasteiger partial charge in [0.1, 0.15) is 11.6 Å². The summed E-state index contributed by atoms with van der Waals surface area (Å²) in [5.74, 6) is -1.75. The number of carbonyl (C=O) groups is 1. The summed E-state index contributed by atoms with van der Waals surface area (Å²) in [7, 11) is 0. The highest BCUT2D eigenvalue weighted by atomic mass is 32.1. The fraction of sp³-hybridized carbons (Fsp3) is 0.389. The second kappa shape index (κ2) is 8.21. The second-order valence-electron chi connectivity index (χ2n) is 6.08. The molecule has 1 N–H and O–H groups in total. The van der Waals surface area contributed by atoms with Gasteiger partial charge in [0.25, 0.3) is 0 Å². The molecule has 2 aromatic heterocycles. The summed E-state index contributed by atoms with van der Waals surface area (Å²) in [6.07, 6.45) is 4.07. The Labute approximate surface area is 153 Å². The quantitative estimate of drug-likeness (QED) is 0.786. The standard InChI is InChI=1S/C18H19F2NO2S2/c19-14-5-9-24-16(14)13(17-15(20)6-10-25-17)4-2-8-21-7-1-3-12(11-21)18(22)23/h4-6,9-10,12H,1-3,7-8,11H2,(H,22,23). The molecule has 134 valence electrons. The van der Waals surface area contributed by atoms with Crippen LogP contribution < -0.4 is 0 Å². The van der Waals surface area contributed by atoms with E-state index in [1.165, 1.54) is 34.8 Å². The number of thiophene rings is 2. The normalized spacial score (nSPS) is 18.2. The van der Waals surface area contributed by atoms with Crippen LogP contribution in [0.4, 0.5) is 8.78 Å². The van der Waals surface area contributed by atoms with Gasteiger partial charge < -0.3 is 10.0 Å². The van der Waals surface area contributed by atoms with E-state index in [1.807, 2.05) is 6.08 Å². The lowest BCUT2D eigenvalue weighted by Crippen LogP contribution is -2.39. The molecule has 1 aliphatic rings. The van der Waals surface area contributed by atoms with Crippen LogP contribution in [0.15, 0.2) is 29.0 Å². The maximum atomic E-state index is 14.0. The minimum atomic E-state index is -0.748. The fourth-order valence-corrected chi connectivity index (χ4v) is 4.81. The minimum Gasteiger partial charge on any atom is -0.481 e. The first-order valence-electron chi connectivity index (χ1n) is 8.18. The van der Waals surface area contributed by atoms with Gasteiger partial charge in [-0.1, -0.05) is 6.08 Å². The summed E-state index contributed by atoms with van der Waals surface area (Å²) in [5, 5.41) is 12.5. The third-order valence-corrected chi connectivity index (χ3v) is 6.22. The fourth-order valence-electron chi connectivity index (χ4n) is 3.11. The zero-order chi connectivity index (χ0) is 17.8. The van der Waals surface area contributed by atoms with Crippen LogP contribution in [0.1, 0.15) is 29.0 Å². The number of carboxylic acid groups (broad SMARTS) is 1. The van der Waals surface area contributed by atoms with Crippen molar-refractivity contribution in [2.24, 2.45) is 5.92 Å². The van der Waals surface area contributed by atoms with Crippen molar-refractivity contribution in [3.05, 3.63) is 50.4 Å². The van der Waals surface area contributed by atoms with Crippen LogP contribution in [0.3, 0.4) is 0 Å². The highest BCUT2D eigenvalue weighted by Crippen LogP contribution is 2.34. The van der Waals surface area contributed by atoms with Crippen LogP contribution in [0, 0.1) is 17.6 Å². The smallest absolute Gasteiger partial charge is 0.307 e. The molecule has 0 spiro atoms. The predicted molar refractivity (Wildman–Crippen MR) is 97.0 cm³/mol. The van der Waals surface area contributed by atoms with Crippen molar-refractivity contribution >= 4 is 34.2 Å². The average molecular weight is 383 g/mol. The first-order chi connectivity index (χ1) is 12.1. The topological polar surface area (TPSA) is 40.5 Å². The molecule has 0 bridgehead atoms. The minimum absolute atomic E-state index is 0.318. The highest BCUT2D eigenvalue weighted by Gasteiger charge is 2.25. The Morgan fingerprint density at radius 3 is 2.40 bits per heavy atom. The van der Waals surface area contributed by atoms with Gasteiger partial charge in [-0.15, -0.1) is 22.7 Å². The molecule has 0 aromatic carbocycles. The number of hydrogen-bond acceptors (Lipinski definition) is 4. The zero-order valence-corrected chi connectivity index (χ0v) is 15.2. The molecule has 0 radical (unpaired) electrons. The molecule has 3 nitrogen and oxygen atoms in total. The van der Waals surface area contributed by atoms with Crippen LogP contribution in [0.2, 0.25) is 0 Å². The Bertz CT molecular complexity index is 726. The van der Waals surface area contributed by atoms with Gasteiger partial charge in [-0.2, -0.15) is 0 Å². The first kappa shape index (κ1) is 18.2. The van der Waals surface area contributed by atoms with Gasteiger partial charge in [0.2, 0.25) is 0 Å². The van der Waals surface area contributed by atoms with Crippen molar-refractivity contribution < 1.29 is 18.7 Å². The van der Waals surface area contributed by atoms with E-state index in [2.05, 4.69) is 4.90 Å². The number of piperidine rings is 1. The summed E-state index contributed by atoms with van der Waals surface area (Å²) in [6, 6.07) is 2.78. The molecule has 25 heavy (non-hydrogen) atoms.